The monoisotopic (exact) mass is 390 g/mol. The van der Waals surface area contributed by atoms with Crippen molar-refractivity contribution in [1.82, 2.24) is 0 Å². The molecular weight excluding hydrogens is 358 g/mol. The van der Waals surface area contributed by atoms with Crippen LogP contribution in [-0.2, 0) is 19.0 Å². The topological polar surface area (TPSA) is 65.0 Å². The molecule has 0 aromatic carbocycles. The molecule has 1 aliphatic carbocycles. The van der Waals surface area contributed by atoms with Crippen LogP contribution in [0.25, 0.3) is 0 Å². The molecule has 0 aromatic rings. The van der Waals surface area contributed by atoms with Gasteiger partial charge in [0, 0.05) is 25.4 Å². The fraction of sp³-hybridized carbons (Fsp3) is 0.950. The number of hydrogen-bond donors (Lipinski definition) is 1. The number of aliphatic hydroxyl groups is 1. The van der Waals surface area contributed by atoms with E-state index in [4.69, 9.17) is 14.2 Å². The molecule has 27 heavy (non-hydrogen) atoms. The highest BCUT2D eigenvalue weighted by molar-refractivity contribution is 5.72. The van der Waals surface area contributed by atoms with E-state index < -0.39 is 12.0 Å². The van der Waals surface area contributed by atoms with E-state index in [0.29, 0.717) is 38.7 Å². The summed E-state index contributed by atoms with van der Waals surface area (Å²) < 4.78 is 45.4. The number of alkyl halides is 2. The van der Waals surface area contributed by atoms with E-state index in [0.717, 1.165) is 19.3 Å². The van der Waals surface area contributed by atoms with Crippen LogP contribution in [0, 0.1) is 11.8 Å². The van der Waals surface area contributed by atoms with Gasteiger partial charge in [-0.2, -0.15) is 0 Å². The van der Waals surface area contributed by atoms with Crippen LogP contribution in [-0.4, -0.2) is 48.2 Å². The number of ether oxygens (including phenoxy) is 3. The Morgan fingerprint density at radius 1 is 1.37 bits per heavy atom. The Morgan fingerprint density at radius 2 is 2.19 bits per heavy atom. The van der Waals surface area contributed by atoms with E-state index >= 15 is 0 Å². The normalized spacial score (nSPS) is 35.1. The van der Waals surface area contributed by atoms with Gasteiger partial charge in [0.15, 0.2) is 6.29 Å². The summed E-state index contributed by atoms with van der Waals surface area (Å²) in [6.07, 6.45) is 2.92. The standard InChI is InChI=1S/C20H32F2O5/c1-2-6-17(23)20(21,22)9-5-7-13-14-11-18(24)26-16(14)12-15(13)27-19-8-3-4-10-25-19/h13-17,19,23H,2-12H2,1H3/t13-,14-,15-,16+,17?,19?/m1/s1. The molecule has 7 heteroatoms. The lowest BCUT2D eigenvalue weighted by atomic mass is 9.86. The van der Waals surface area contributed by atoms with Gasteiger partial charge < -0.3 is 19.3 Å². The number of rotatable bonds is 9. The van der Waals surface area contributed by atoms with E-state index in [1.807, 2.05) is 0 Å². The molecule has 1 saturated carbocycles. The van der Waals surface area contributed by atoms with Crippen molar-refractivity contribution < 1.29 is 32.9 Å². The van der Waals surface area contributed by atoms with E-state index in [9.17, 15) is 18.7 Å². The van der Waals surface area contributed by atoms with Crippen molar-refractivity contribution in [1.29, 1.82) is 0 Å². The van der Waals surface area contributed by atoms with Crippen LogP contribution in [0.1, 0.15) is 71.1 Å². The van der Waals surface area contributed by atoms with Crippen molar-refractivity contribution in [2.24, 2.45) is 11.8 Å². The molecule has 0 bridgehead atoms. The summed E-state index contributed by atoms with van der Waals surface area (Å²) in [5.74, 6) is -3.21. The summed E-state index contributed by atoms with van der Waals surface area (Å²) >= 11 is 0. The third-order valence-corrected chi connectivity index (χ3v) is 6.22. The van der Waals surface area contributed by atoms with E-state index in [1.165, 1.54) is 0 Å². The second kappa shape index (κ2) is 9.14. The molecule has 0 spiro atoms. The fourth-order valence-electron chi connectivity index (χ4n) is 4.75. The summed E-state index contributed by atoms with van der Waals surface area (Å²) in [6.45, 7) is 2.47. The van der Waals surface area contributed by atoms with Gasteiger partial charge >= 0.3 is 5.97 Å². The summed E-state index contributed by atoms with van der Waals surface area (Å²) in [7, 11) is 0. The highest BCUT2D eigenvalue weighted by Gasteiger charge is 2.51. The van der Waals surface area contributed by atoms with Crippen LogP contribution in [0.5, 0.6) is 0 Å². The van der Waals surface area contributed by atoms with Gasteiger partial charge in [-0.15, -0.1) is 0 Å². The number of carbonyl (C=O) groups excluding carboxylic acids is 1. The summed E-state index contributed by atoms with van der Waals surface area (Å²) in [5, 5.41) is 9.67. The van der Waals surface area contributed by atoms with Crippen LogP contribution >= 0.6 is 0 Å². The minimum absolute atomic E-state index is 0.0195. The van der Waals surface area contributed by atoms with E-state index in [2.05, 4.69) is 0 Å². The number of halogens is 2. The van der Waals surface area contributed by atoms with Crippen molar-refractivity contribution >= 4 is 5.97 Å². The Morgan fingerprint density at radius 3 is 2.89 bits per heavy atom. The maximum absolute atomic E-state index is 14.1. The quantitative estimate of drug-likeness (QED) is 0.607. The lowest BCUT2D eigenvalue weighted by Gasteiger charge is -2.30. The third-order valence-electron chi connectivity index (χ3n) is 6.22. The molecule has 0 radical (unpaired) electrons. The lowest BCUT2D eigenvalue weighted by molar-refractivity contribution is -0.198. The lowest BCUT2D eigenvalue weighted by Crippen LogP contribution is -2.34. The minimum atomic E-state index is -3.07. The Kier molecular flexibility index (Phi) is 7.08. The molecule has 3 aliphatic rings. The number of esters is 1. The van der Waals surface area contributed by atoms with Gasteiger partial charge in [0.2, 0.25) is 0 Å². The molecule has 3 fully saturated rings. The van der Waals surface area contributed by atoms with Gasteiger partial charge in [0.1, 0.15) is 12.2 Å². The molecule has 3 rings (SSSR count). The second-order valence-corrected chi connectivity index (χ2v) is 8.22. The maximum Gasteiger partial charge on any atom is 0.306 e. The zero-order valence-electron chi connectivity index (χ0n) is 16.1. The molecule has 1 N–H and O–H groups in total. The second-order valence-electron chi connectivity index (χ2n) is 8.22. The first-order valence-corrected chi connectivity index (χ1v) is 10.4. The predicted molar refractivity (Wildman–Crippen MR) is 94.3 cm³/mol. The first kappa shape index (κ1) is 20.9. The predicted octanol–water partition coefficient (Wildman–Crippen LogP) is 3.82. The average Bonchev–Trinajstić information content (AvgIpc) is 3.12. The number of aliphatic hydroxyl groups excluding tert-OH is 1. The van der Waals surface area contributed by atoms with Crippen LogP contribution in [0.15, 0.2) is 0 Å². The van der Waals surface area contributed by atoms with Crippen molar-refractivity contribution in [3.8, 4) is 0 Å². The molecule has 0 amide bonds. The first-order chi connectivity index (χ1) is 12.9. The SMILES string of the molecule is CCCC(O)C(F)(F)CCC[C@@H]1[C@H]2CC(=O)O[C@H]2C[C@H]1OC1CCCCO1. The van der Waals surface area contributed by atoms with Gasteiger partial charge in [-0.1, -0.05) is 13.3 Å². The Hall–Kier alpha value is -0.790. The molecule has 2 aliphatic heterocycles. The fourth-order valence-corrected chi connectivity index (χ4v) is 4.75. The van der Waals surface area contributed by atoms with Crippen molar-refractivity contribution in [3.05, 3.63) is 0 Å². The smallest absolute Gasteiger partial charge is 0.306 e. The number of hydrogen-bond acceptors (Lipinski definition) is 5. The molecule has 0 aromatic heterocycles. The van der Waals surface area contributed by atoms with Crippen molar-refractivity contribution in [2.45, 2.75) is 102 Å². The van der Waals surface area contributed by atoms with Gasteiger partial charge in [0.05, 0.1) is 12.5 Å². The van der Waals surface area contributed by atoms with Crippen LogP contribution in [0.2, 0.25) is 0 Å². The molecule has 6 atom stereocenters. The molecule has 5 nitrogen and oxygen atoms in total. The van der Waals surface area contributed by atoms with Crippen molar-refractivity contribution in [3.63, 3.8) is 0 Å². The van der Waals surface area contributed by atoms with E-state index in [1.54, 1.807) is 6.92 Å². The number of carbonyl (C=O) groups is 1. The van der Waals surface area contributed by atoms with Gasteiger partial charge in [-0.25, -0.2) is 8.78 Å². The molecule has 2 saturated heterocycles. The largest absolute Gasteiger partial charge is 0.462 e. The number of fused-ring (bicyclic) bond motifs is 1. The zero-order valence-corrected chi connectivity index (χ0v) is 16.1. The molecule has 2 unspecified atom stereocenters. The third kappa shape index (κ3) is 5.18. The highest BCUT2D eigenvalue weighted by Crippen LogP contribution is 2.46. The Bertz CT molecular complexity index is 495. The van der Waals surface area contributed by atoms with Gasteiger partial charge in [0.25, 0.3) is 5.92 Å². The van der Waals surface area contributed by atoms with Crippen molar-refractivity contribution in [2.75, 3.05) is 6.61 Å². The minimum Gasteiger partial charge on any atom is -0.462 e. The maximum atomic E-state index is 14.1. The van der Waals surface area contributed by atoms with Crippen LogP contribution in [0.3, 0.4) is 0 Å². The summed E-state index contributed by atoms with van der Waals surface area (Å²) in [6, 6.07) is 0. The Labute approximate surface area is 159 Å². The Balaban J connectivity index is 1.56. The zero-order chi connectivity index (χ0) is 19.4. The van der Waals surface area contributed by atoms with E-state index in [-0.39, 0.29) is 49.1 Å². The van der Waals surface area contributed by atoms with Crippen LogP contribution in [0.4, 0.5) is 8.78 Å². The molecule has 2 heterocycles. The van der Waals surface area contributed by atoms with Crippen LogP contribution < -0.4 is 0 Å². The first-order valence-electron chi connectivity index (χ1n) is 10.4. The highest BCUT2D eigenvalue weighted by atomic mass is 19.3. The summed E-state index contributed by atoms with van der Waals surface area (Å²) in [5.41, 5.74) is 0. The van der Waals surface area contributed by atoms with Gasteiger partial charge in [-0.3, -0.25) is 4.79 Å². The van der Waals surface area contributed by atoms with Gasteiger partial charge in [-0.05, 0) is 44.4 Å². The molecule has 156 valence electrons. The average molecular weight is 390 g/mol. The summed E-state index contributed by atoms with van der Waals surface area (Å²) in [4.78, 5) is 11.7. The molecular formula is C20H32F2O5.